The lowest BCUT2D eigenvalue weighted by Gasteiger charge is -2.19. The van der Waals surface area contributed by atoms with Crippen LogP contribution in [0.2, 0.25) is 0 Å². The van der Waals surface area contributed by atoms with E-state index in [1.54, 1.807) is 0 Å². The van der Waals surface area contributed by atoms with E-state index in [2.05, 4.69) is 34.6 Å². The lowest BCUT2D eigenvalue weighted by Crippen LogP contribution is -2.15. The molecule has 0 aliphatic heterocycles. The number of aliphatic hydroxyl groups is 1. The van der Waals surface area contributed by atoms with E-state index in [-0.39, 0.29) is 6.10 Å². The van der Waals surface area contributed by atoms with Crippen molar-refractivity contribution in [2.24, 2.45) is 17.8 Å². The van der Waals surface area contributed by atoms with Gasteiger partial charge < -0.3 is 5.11 Å². The summed E-state index contributed by atoms with van der Waals surface area (Å²) in [6.07, 6.45) is 6.98. The quantitative estimate of drug-likeness (QED) is 0.609. The Bertz CT molecular complexity index is 154. The molecule has 0 spiro atoms. The van der Waals surface area contributed by atoms with Crippen molar-refractivity contribution in [1.29, 1.82) is 0 Å². The molecule has 0 radical (unpaired) electrons. The maximum absolute atomic E-state index is 9.93. The topological polar surface area (TPSA) is 20.2 Å². The number of hydrogen-bond acceptors (Lipinski definition) is 1. The van der Waals surface area contributed by atoms with Gasteiger partial charge in [-0.15, -0.1) is 0 Å². The van der Waals surface area contributed by atoms with Crippen LogP contribution < -0.4 is 0 Å². The Morgan fingerprint density at radius 3 is 1.94 bits per heavy atom. The predicted molar refractivity (Wildman–Crippen MR) is 72.5 cm³/mol. The van der Waals surface area contributed by atoms with Gasteiger partial charge in [0.05, 0.1) is 6.10 Å². The van der Waals surface area contributed by atoms with Crippen LogP contribution in [0.3, 0.4) is 0 Å². The molecule has 98 valence electrons. The lowest BCUT2D eigenvalue weighted by atomic mass is 9.91. The predicted octanol–water partition coefficient (Wildman–Crippen LogP) is 4.64. The van der Waals surface area contributed by atoms with E-state index in [9.17, 15) is 5.11 Å². The molecule has 0 aliphatic carbocycles. The Morgan fingerprint density at radius 1 is 0.875 bits per heavy atom. The van der Waals surface area contributed by atoms with Crippen LogP contribution in [0.4, 0.5) is 0 Å². The van der Waals surface area contributed by atoms with Crippen LogP contribution in [0.25, 0.3) is 0 Å². The molecule has 3 unspecified atom stereocenters. The van der Waals surface area contributed by atoms with E-state index >= 15 is 0 Å². The zero-order valence-electron chi connectivity index (χ0n) is 12.0. The third kappa shape index (κ3) is 9.21. The molecule has 0 heterocycles. The van der Waals surface area contributed by atoms with Crippen LogP contribution in [-0.2, 0) is 0 Å². The highest BCUT2D eigenvalue weighted by Gasteiger charge is 2.13. The van der Waals surface area contributed by atoms with Gasteiger partial charge in [0.2, 0.25) is 0 Å². The van der Waals surface area contributed by atoms with Gasteiger partial charge >= 0.3 is 0 Å². The lowest BCUT2D eigenvalue weighted by molar-refractivity contribution is 0.116. The zero-order chi connectivity index (χ0) is 12.6. The van der Waals surface area contributed by atoms with Crippen molar-refractivity contribution in [2.75, 3.05) is 0 Å². The average molecular weight is 228 g/mol. The minimum Gasteiger partial charge on any atom is -0.393 e. The summed E-state index contributed by atoms with van der Waals surface area (Å²) >= 11 is 0. The van der Waals surface area contributed by atoms with Crippen molar-refractivity contribution in [1.82, 2.24) is 0 Å². The first-order valence-electron chi connectivity index (χ1n) is 7.13. The van der Waals surface area contributed by atoms with Crippen LogP contribution >= 0.6 is 0 Å². The zero-order valence-corrected chi connectivity index (χ0v) is 12.0. The van der Waals surface area contributed by atoms with Gasteiger partial charge in [0.25, 0.3) is 0 Å². The second-order valence-electron chi connectivity index (χ2n) is 6.07. The van der Waals surface area contributed by atoms with Crippen LogP contribution in [0, 0.1) is 17.8 Å². The van der Waals surface area contributed by atoms with Gasteiger partial charge in [-0.3, -0.25) is 0 Å². The monoisotopic (exact) mass is 228 g/mol. The first kappa shape index (κ1) is 16.0. The van der Waals surface area contributed by atoms with Crippen molar-refractivity contribution < 1.29 is 5.11 Å². The molecule has 0 aliphatic rings. The SMILES string of the molecule is CCC(C)CC(O)CC(C)CCCC(C)C. The van der Waals surface area contributed by atoms with E-state index < -0.39 is 0 Å². The van der Waals surface area contributed by atoms with E-state index in [0.717, 1.165) is 18.8 Å². The summed E-state index contributed by atoms with van der Waals surface area (Å²) < 4.78 is 0. The first-order valence-corrected chi connectivity index (χ1v) is 7.13. The van der Waals surface area contributed by atoms with E-state index in [1.165, 1.54) is 25.7 Å². The number of aliphatic hydroxyl groups excluding tert-OH is 1. The number of rotatable bonds is 9. The smallest absolute Gasteiger partial charge is 0.0545 e. The van der Waals surface area contributed by atoms with Crippen LogP contribution in [0.15, 0.2) is 0 Å². The summed E-state index contributed by atoms with van der Waals surface area (Å²) in [4.78, 5) is 0. The normalized spacial score (nSPS) is 17.4. The van der Waals surface area contributed by atoms with Crippen LogP contribution in [-0.4, -0.2) is 11.2 Å². The molecule has 0 saturated heterocycles. The highest BCUT2D eigenvalue weighted by atomic mass is 16.3. The van der Waals surface area contributed by atoms with E-state index in [0.29, 0.717) is 11.8 Å². The summed E-state index contributed by atoms with van der Waals surface area (Å²) in [6, 6.07) is 0. The first-order chi connectivity index (χ1) is 7.45. The van der Waals surface area contributed by atoms with Gasteiger partial charge in [0, 0.05) is 0 Å². The standard InChI is InChI=1S/C15H32O/c1-6-13(4)10-15(16)11-14(5)9-7-8-12(2)3/h12-16H,6-11H2,1-5H3. The van der Waals surface area contributed by atoms with Crippen molar-refractivity contribution in [3.05, 3.63) is 0 Å². The van der Waals surface area contributed by atoms with Crippen molar-refractivity contribution in [3.8, 4) is 0 Å². The fourth-order valence-electron chi connectivity index (χ4n) is 2.18. The maximum Gasteiger partial charge on any atom is 0.0545 e. The van der Waals surface area contributed by atoms with E-state index in [4.69, 9.17) is 0 Å². The minimum atomic E-state index is -0.0796. The molecule has 3 atom stereocenters. The molecule has 16 heavy (non-hydrogen) atoms. The molecule has 0 saturated carbocycles. The molecule has 0 amide bonds. The van der Waals surface area contributed by atoms with Crippen molar-refractivity contribution in [2.45, 2.75) is 79.2 Å². The molecular formula is C15H32O. The van der Waals surface area contributed by atoms with Gasteiger partial charge in [-0.05, 0) is 30.6 Å². The molecular weight excluding hydrogens is 196 g/mol. The van der Waals surface area contributed by atoms with E-state index in [1.807, 2.05) is 0 Å². The molecule has 0 aromatic rings. The Kier molecular flexibility index (Phi) is 9.02. The summed E-state index contributed by atoms with van der Waals surface area (Å²) in [5, 5.41) is 9.93. The summed E-state index contributed by atoms with van der Waals surface area (Å²) in [7, 11) is 0. The van der Waals surface area contributed by atoms with Crippen LogP contribution in [0.5, 0.6) is 0 Å². The third-order valence-corrected chi connectivity index (χ3v) is 3.52. The summed E-state index contributed by atoms with van der Waals surface area (Å²) in [6.45, 7) is 11.3. The highest BCUT2D eigenvalue weighted by Crippen LogP contribution is 2.20. The summed E-state index contributed by atoms with van der Waals surface area (Å²) in [5.41, 5.74) is 0. The molecule has 0 aromatic heterocycles. The minimum absolute atomic E-state index is 0.0796. The van der Waals surface area contributed by atoms with Crippen molar-refractivity contribution in [3.63, 3.8) is 0 Å². The Hall–Kier alpha value is -0.0400. The Morgan fingerprint density at radius 2 is 1.44 bits per heavy atom. The molecule has 0 aromatic carbocycles. The highest BCUT2D eigenvalue weighted by molar-refractivity contribution is 4.65. The second-order valence-corrected chi connectivity index (χ2v) is 6.07. The molecule has 1 N–H and O–H groups in total. The van der Waals surface area contributed by atoms with Gasteiger partial charge in [0.15, 0.2) is 0 Å². The fourth-order valence-corrected chi connectivity index (χ4v) is 2.18. The van der Waals surface area contributed by atoms with Gasteiger partial charge in [-0.2, -0.15) is 0 Å². The van der Waals surface area contributed by atoms with Gasteiger partial charge in [0.1, 0.15) is 0 Å². The largest absolute Gasteiger partial charge is 0.393 e. The van der Waals surface area contributed by atoms with Crippen molar-refractivity contribution >= 4 is 0 Å². The summed E-state index contributed by atoms with van der Waals surface area (Å²) in [5.74, 6) is 2.16. The molecule has 0 bridgehead atoms. The molecule has 0 rings (SSSR count). The van der Waals surface area contributed by atoms with Crippen LogP contribution in [0.1, 0.15) is 73.1 Å². The molecule has 0 fully saturated rings. The average Bonchev–Trinajstić information content (AvgIpc) is 2.16. The van der Waals surface area contributed by atoms with Gasteiger partial charge in [-0.1, -0.05) is 60.3 Å². The molecule has 1 heteroatoms. The molecule has 1 nitrogen and oxygen atoms in total. The third-order valence-electron chi connectivity index (χ3n) is 3.52. The Labute approximate surface area is 103 Å². The Balaban J connectivity index is 3.57. The fraction of sp³-hybridized carbons (Fsp3) is 1.00. The number of hydrogen-bond donors (Lipinski definition) is 1. The van der Waals surface area contributed by atoms with Gasteiger partial charge in [-0.25, -0.2) is 0 Å². The second kappa shape index (κ2) is 9.04. The maximum atomic E-state index is 9.93.